The minimum Gasteiger partial charge on any atom is -0.359 e. The van der Waals surface area contributed by atoms with Crippen LogP contribution in [0.5, 0.6) is 0 Å². The molecule has 2 aromatic rings. The smallest absolute Gasteiger partial charge is 0.251 e. The van der Waals surface area contributed by atoms with E-state index in [1.54, 1.807) is 24.4 Å². The SMILES string of the molecule is Cc1cc(CNC(=O)c2ccnc(Br)c2)on1. The third-order valence-electron chi connectivity index (χ3n) is 2.09. The maximum atomic E-state index is 11.8. The zero-order chi connectivity index (χ0) is 12.3. The van der Waals surface area contributed by atoms with Crippen molar-refractivity contribution in [3.8, 4) is 0 Å². The molecule has 0 aliphatic rings. The minimum atomic E-state index is -0.179. The molecule has 1 amide bonds. The van der Waals surface area contributed by atoms with Gasteiger partial charge in [0.1, 0.15) is 4.60 Å². The van der Waals surface area contributed by atoms with Crippen molar-refractivity contribution in [1.29, 1.82) is 0 Å². The lowest BCUT2D eigenvalue weighted by Gasteiger charge is -2.02. The topological polar surface area (TPSA) is 68.0 Å². The standard InChI is InChI=1S/C11H10BrN3O2/c1-7-4-9(17-15-7)6-14-11(16)8-2-3-13-10(12)5-8/h2-5H,6H2,1H3,(H,14,16). The number of hydrogen-bond donors (Lipinski definition) is 1. The third kappa shape index (κ3) is 3.13. The lowest BCUT2D eigenvalue weighted by Crippen LogP contribution is -2.22. The van der Waals surface area contributed by atoms with Gasteiger partial charge in [0.05, 0.1) is 12.2 Å². The van der Waals surface area contributed by atoms with Gasteiger partial charge in [0.2, 0.25) is 0 Å². The van der Waals surface area contributed by atoms with Crippen LogP contribution in [0.15, 0.2) is 33.5 Å². The molecule has 2 aromatic heterocycles. The lowest BCUT2D eigenvalue weighted by molar-refractivity contribution is 0.0947. The Balaban J connectivity index is 1.98. The van der Waals surface area contributed by atoms with Gasteiger partial charge >= 0.3 is 0 Å². The van der Waals surface area contributed by atoms with Crippen molar-refractivity contribution in [3.05, 3.63) is 46.0 Å². The second-order valence-corrected chi connectivity index (χ2v) is 4.30. The molecule has 2 heterocycles. The fourth-order valence-corrected chi connectivity index (χ4v) is 1.68. The summed E-state index contributed by atoms with van der Waals surface area (Å²) in [6, 6.07) is 5.08. The van der Waals surface area contributed by atoms with Crippen molar-refractivity contribution in [2.75, 3.05) is 0 Å². The van der Waals surface area contributed by atoms with E-state index in [2.05, 4.69) is 31.4 Å². The lowest BCUT2D eigenvalue weighted by atomic mass is 10.2. The quantitative estimate of drug-likeness (QED) is 0.880. The fourth-order valence-electron chi connectivity index (χ4n) is 1.31. The van der Waals surface area contributed by atoms with Gasteiger partial charge in [-0.25, -0.2) is 4.98 Å². The summed E-state index contributed by atoms with van der Waals surface area (Å²) in [4.78, 5) is 15.7. The molecule has 2 rings (SSSR count). The number of carbonyl (C=O) groups excluding carboxylic acids is 1. The molecule has 0 spiro atoms. The van der Waals surface area contributed by atoms with Crippen LogP contribution < -0.4 is 5.32 Å². The number of nitrogens with one attached hydrogen (secondary N) is 1. The largest absolute Gasteiger partial charge is 0.359 e. The van der Waals surface area contributed by atoms with Crippen molar-refractivity contribution in [1.82, 2.24) is 15.5 Å². The molecule has 6 heteroatoms. The number of aromatic nitrogens is 2. The van der Waals surface area contributed by atoms with Crippen molar-refractivity contribution >= 4 is 21.8 Å². The summed E-state index contributed by atoms with van der Waals surface area (Å²) in [6.07, 6.45) is 1.57. The predicted octanol–water partition coefficient (Wildman–Crippen LogP) is 2.07. The molecule has 0 radical (unpaired) electrons. The molecule has 0 aliphatic carbocycles. The molecular formula is C11H10BrN3O2. The van der Waals surface area contributed by atoms with E-state index in [4.69, 9.17) is 4.52 Å². The highest BCUT2D eigenvalue weighted by Gasteiger charge is 2.07. The molecule has 5 nitrogen and oxygen atoms in total. The monoisotopic (exact) mass is 295 g/mol. The molecule has 0 aromatic carbocycles. The van der Waals surface area contributed by atoms with E-state index in [-0.39, 0.29) is 5.91 Å². The van der Waals surface area contributed by atoms with E-state index < -0.39 is 0 Å². The van der Waals surface area contributed by atoms with Gasteiger partial charge in [-0.3, -0.25) is 4.79 Å². The van der Waals surface area contributed by atoms with Gasteiger partial charge in [0, 0.05) is 17.8 Å². The highest BCUT2D eigenvalue weighted by Crippen LogP contribution is 2.08. The first-order chi connectivity index (χ1) is 8.15. The van der Waals surface area contributed by atoms with Crippen LogP contribution in [-0.4, -0.2) is 16.0 Å². The van der Waals surface area contributed by atoms with Crippen molar-refractivity contribution in [2.45, 2.75) is 13.5 Å². The molecule has 0 bridgehead atoms. The van der Waals surface area contributed by atoms with Crippen LogP contribution in [0.4, 0.5) is 0 Å². The van der Waals surface area contributed by atoms with Gasteiger partial charge in [-0.05, 0) is 35.0 Å². The van der Waals surface area contributed by atoms with Crippen LogP contribution >= 0.6 is 15.9 Å². The van der Waals surface area contributed by atoms with Gasteiger partial charge in [0.15, 0.2) is 5.76 Å². The van der Waals surface area contributed by atoms with E-state index in [9.17, 15) is 4.79 Å². The number of carbonyl (C=O) groups is 1. The molecule has 88 valence electrons. The number of halogens is 1. The van der Waals surface area contributed by atoms with Crippen LogP contribution in [0, 0.1) is 6.92 Å². The first-order valence-corrected chi connectivity index (χ1v) is 5.76. The van der Waals surface area contributed by atoms with Crippen LogP contribution in [0.1, 0.15) is 21.8 Å². The summed E-state index contributed by atoms with van der Waals surface area (Å²) in [5.74, 6) is 0.450. The summed E-state index contributed by atoms with van der Waals surface area (Å²) in [5.41, 5.74) is 1.34. The number of nitrogens with zero attached hydrogens (tertiary/aromatic N) is 2. The number of aryl methyl sites for hydroxylation is 1. The maximum Gasteiger partial charge on any atom is 0.251 e. The molecule has 0 unspecified atom stereocenters. The summed E-state index contributed by atoms with van der Waals surface area (Å²) < 4.78 is 5.61. The first kappa shape index (κ1) is 11.8. The highest BCUT2D eigenvalue weighted by molar-refractivity contribution is 9.10. The summed E-state index contributed by atoms with van der Waals surface area (Å²) in [5, 5.41) is 6.47. The molecule has 0 atom stereocenters. The third-order valence-corrected chi connectivity index (χ3v) is 2.52. The van der Waals surface area contributed by atoms with E-state index in [0.717, 1.165) is 5.69 Å². The molecule has 0 saturated heterocycles. The first-order valence-electron chi connectivity index (χ1n) is 4.97. The number of pyridine rings is 1. The Bertz CT molecular complexity index is 539. The highest BCUT2D eigenvalue weighted by atomic mass is 79.9. The average Bonchev–Trinajstić information content (AvgIpc) is 2.72. The average molecular weight is 296 g/mol. The summed E-state index contributed by atoms with van der Waals surface area (Å²) in [6.45, 7) is 2.15. The van der Waals surface area contributed by atoms with Crippen LogP contribution in [0.2, 0.25) is 0 Å². The fraction of sp³-hybridized carbons (Fsp3) is 0.182. The van der Waals surface area contributed by atoms with Crippen molar-refractivity contribution in [3.63, 3.8) is 0 Å². The maximum absolute atomic E-state index is 11.8. The van der Waals surface area contributed by atoms with Gasteiger partial charge in [-0.2, -0.15) is 0 Å². The van der Waals surface area contributed by atoms with Crippen LogP contribution in [0.25, 0.3) is 0 Å². The number of amides is 1. The van der Waals surface area contributed by atoms with E-state index >= 15 is 0 Å². The van der Waals surface area contributed by atoms with Gasteiger partial charge in [0.25, 0.3) is 5.91 Å². The number of hydrogen-bond acceptors (Lipinski definition) is 4. The summed E-state index contributed by atoms with van der Waals surface area (Å²) in [7, 11) is 0. The van der Waals surface area contributed by atoms with Crippen LogP contribution in [0.3, 0.4) is 0 Å². The minimum absolute atomic E-state index is 0.179. The van der Waals surface area contributed by atoms with Crippen LogP contribution in [-0.2, 0) is 6.54 Å². The zero-order valence-corrected chi connectivity index (χ0v) is 10.7. The van der Waals surface area contributed by atoms with Crippen molar-refractivity contribution < 1.29 is 9.32 Å². The van der Waals surface area contributed by atoms with E-state index in [0.29, 0.717) is 22.5 Å². The Morgan fingerprint density at radius 3 is 3.00 bits per heavy atom. The molecule has 1 N–H and O–H groups in total. The zero-order valence-electron chi connectivity index (χ0n) is 9.11. The second kappa shape index (κ2) is 5.09. The van der Waals surface area contributed by atoms with E-state index in [1.165, 1.54) is 0 Å². The van der Waals surface area contributed by atoms with Crippen molar-refractivity contribution in [2.24, 2.45) is 0 Å². The Hall–Kier alpha value is -1.69. The number of rotatable bonds is 3. The van der Waals surface area contributed by atoms with E-state index in [1.807, 2.05) is 6.92 Å². The van der Waals surface area contributed by atoms with Gasteiger partial charge in [-0.1, -0.05) is 5.16 Å². The Kier molecular flexibility index (Phi) is 3.53. The van der Waals surface area contributed by atoms with Gasteiger partial charge < -0.3 is 9.84 Å². The van der Waals surface area contributed by atoms with Gasteiger partial charge in [-0.15, -0.1) is 0 Å². The molecule has 0 aliphatic heterocycles. The Labute approximate surface area is 106 Å². The molecule has 0 fully saturated rings. The molecule has 17 heavy (non-hydrogen) atoms. The Morgan fingerprint density at radius 1 is 1.53 bits per heavy atom. The normalized spacial score (nSPS) is 10.2. The molecular weight excluding hydrogens is 286 g/mol. The summed E-state index contributed by atoms with van der Waals surface area (Å²) >= 11 is 3.21. The second-order valence-electron chi connectivity index (χ2n) is 3.48. The molecule has 0 saturated carbocycles. The predicted molar refractivity (Wildman–Crippen MR) is 64.3 cm³/mol. The Morgan fingerprint density at radius 2 is 2.35 bits per heavy atom.